The molecule has 2 atom stereocenters. The predicted octanol–water partition coefficient (Wildman–Crippen LogP) is 1.97. The SMILES string of the molecule is CC[C@]1(N2CC[C@H](CO)C2)C=CC=CC1. The van der Waals surface area contributed by atoms with Gasteiger partial charge >= 0.3 is 0 Å². The van der Waals surface area contributed by atoms with Crippen LogP contribution in [-0.4, -0.2) is 35.2 Å². The van der Waals surface area contributed by atoms with Crippen LogP contribution in [0.5, 0.6) is 0 Å². The molecule has 0 saturated carbocycles. The minimum absolute atomic E-state index is 0.235. The lowest BCUT2D eigenvalue weighted by atomic mass is 9.87. The number of aliphatic hydroxyl groups excluding tert-OH is 1. The standard InChI is InChI=1S/C13H21NO/c1-2-13(7-4-3-5-8-13)14-9-6-12(10-14)11-15/h3-5,7,12,15H,2,6,8-11H2,1H3/t12-,13-/m0/s1. The highest BCUT2D eigenvalue weighted by Gasteiger charge is 2.36. The van der Waals surface area contributed by atoms with E-state index in [9.17, 15) is 5.11 Å². The summed E-state index contributed by atoms with van der Waals surface area (Å²) >= 11 is 0. The van der Waals surface area contributed by atoms with Crippen molar-refractivity contribution in [2.24, 2.45) is 5.92 Å². The molecule has 0 spiro atoms. The van der Waals surface area contributed by atoms with Crippen molar-refractivity contribution < 1.29 is 5.11 Å². The van der Waals surface area contributed by atoms with Gasteiger partial charge in [-0.25, -0.2) is 0 Å². The molecule has 1 heterocycles. The lowest BCUT2D eigenvalue weighted by Gasteiger charge is -2.39. The molecule has 15 heavy (non-hydrogen) atoms. The van der Waals surface area contributed by atoms with Crippen LogP contribution in [0.4, 0.5) is 0 Å². The molecule has 1 fully saturated rings. The molecular weight excluding hydrogens is 186 g/mol. The van der Waals surface area contributed by atoms with Gasteiger partial charge in [0, 0.05) is 18.7 Å². The third kappa shape index (κ3) is 2.01. The Balaban J connectivity index is 2.07. The van der Waals surface area contributed by atoms with Crippen LogP contribution in [-0.2, 0) is 0 Å². The van der Waals surface area contributed by atoms with E-state index in [-0.39, 0.29) is 5.54 Å². The molecule has 0 aromatic heterocycles. The number of aliphatic hydroxyl groups is 1. The van der Waals surface area contributed by atoms with E-state index in [4.69, 9.17) is 0 Å². The molecule has 0 amide bonds. The topological polar surface area (TPSA) is 23.5 Å². The average molecular weight is 207 g/mol. The first kappa shape index (κ1) is 10.9. The van der Waals surface area contributed by atoms with E-state index in [1.54, 1.807) is 0 Å². The summed E-state index contributed by atoms with van der Waals surface area (Å²) in [7, 11) is 0. The van der Waals surface area contributed by atoms with Crippen LogP contribution >= 0.6 is 0 Å². The molecule has 0 aromatic carbocycles. The minimum atomic E-state index is 0.235. The largest absolute Gasteiger partial charge is 0.396 e. The second kappa shape index (κ2) is 4.50. The van der Waals surface area contributed by atoms with Crippen molar-refractivity contribution in [1.29, 1.82) is 0 Å². The molecule has 2 nitrogen and oxygen atoms in total. The third-order valence-electron chi connectivity index (χ3n) is 3.91. The zero-order valence-electron chi connectivity index (χ0n) is 9.52. The summed E-state index contributed by atoms with van der Waals surface area (Å²) in [5, 5.41) is 9.18. The summed E-state index contributed by atoms with van der Waals surface area (Å²) in [4.78, 5) is 2.55. The fourth-order valence-corrected chi connectivity index (χ4v) is 2.76. The first-order chi connectivity index (χ1) is 7.30. The molecule has 1 aliphatic carbocycles. The van der Waals surface area contributed by atoms with Crippen molar-refractivity contribution in [2.75, 3.05) is 19.7 Å². The highest BCUT2D eigenvalue weighted by molar-refractivity contribution is 5.21. The number of likely N-dealkylation sites (tertiary alicyclic amines) is 1. The Bertz CT molecular complexity index is 272. The van der Waals surface area contributed by atoms with Crippen LogP contribution in [0.3, 0.4) is 0 Å². The maximum Gasteiger partial charge on any atom is 0.0471 e. The summed E-state index contributed by atoms with van der Waals surface area (Å²) in [6.07, 6.45) is 12.3. The van der Waals surface area contributed by atoms with E-state index < -0.39 is 0 Å². The molecular formula is C13H21NO. The lowest BCUT2D eigenvalue weighted by molar-refractivity contribution is 0.143. The first-order valence-electron chi connectivity index (χ1n) is 6.01. The van der Waals surface area contributed by atoms with Crippen molar-refractivity contribution in [2.45, 2.75) is 31.7 Å². The van der Waals surface area contributed by atoms with E-state index in [1.807, 2.05) is 0 Å². The molecule has 2 heteroatoms. The van der Waals surface area contributed by atoms with Gasteiger partial charge in [0.2, 0.25) is 0 Å². The second-order valence-electron chi connectivity index (χ2n) is 4.73. The predicted molar refractivity (Wildman–Crippen MR) is 62.7 cm³/mol. The zero-order valence-corrected chi connectivity index (χ0v) is 9.52. The van der Waals surface area contributed by atoms with E-state index >= 15 is 0 Å². The molecule has 2 rings (SSSR count). The highest BCUT2D eigenvalue weighted by atomic mass is 16.3. The Labute approximate surface area is 92.3 Å². The average Bonchev–Trinajstić information content (AvgIpc) is 2.79. The molecule has 2 aliphatic rings. The summed E-state index contributed by atoms with van der Waals surface area (Å²) in [5.74, 6) is 0.493. The van der Waals surface area contributed by atoms with Crippen molar-refractivity contribution in [3.8, 4) is 0 Å². The molecule has 0 aromatic rings. The number of hydrogen-bond donors (Lipinski definition) is 1. The Kier molecular flexibility index (Phi) is 3.27. The van der Waals surface area contributed by atoms with Gasteiger partial charge in [-0.15, -0.1) is 0 Å². The monoisotopic (exact) mass is 207 g/mol. The van der Waals surface area contributed by atoms with Gasteiger partial charge in [0.15, 0.2) is 0 Å². The van der Waals surface area contributed by atoms with Gasteiger partial charge in [0.1, 0.15) is 0 Å². The van der Waals surface area contributed by atoms with Crippen molar-refractivity contribution >= 4 is 0 Å². The normalized spacial score (nSPS) is 36.3. The molecule has 84 valence electrons. The maximum absolute atomic E-state index is 9.18. The lowest BCUT2D eigenvalue weighted by Crippen LogP contribution is -2.46. The summed E-state index contributed by atoms with van der Waals surface area (Å²) in [5.41, 5.74) is 0.235. The molecule has 1 aliphatic heterocycles. The Morgan fingerprint density at radius 2 is 2.33 bits per heavy atom. The molecule has 0 unspecified atom stereocenters. The van der Waals surface area contributed by atoms with Crippen LogP contribution in [0.2, 0.25) is 0 Å². The second-order valence-corrected chi connectivity index (χ2v) is 4.73. The highest BCUT2D eigenvalue weighted by Crippen LogP contribution is 2.33. The van der Waals surface area contributed by atoms with Crippen LogP contribution < -0.4 is 0 Å². The van der Waals surface area contributed by atoms with Crippen molar-refractivity contribution in [3.63, 3.8) is 0 Å². The molecule has 1 N–H and O–H groups in total. The number of allylic oxidation sites excluding steroid dienone is 2. The van der Waals surface area contributed by atoms with Crippen LogP contribution in [0, 0.1) is 5.92 Å². The maximum atomic E-state index is 9.18. The van der Waals surface area contributed by atoms with Crippen LogP contribution in [0.15, 0.2) is 24.3 Å². The minimum Gasteiger partial charge on any atom is -0.396 e. The molecule has 0 radical (unpaired) electrons. The third-order valence-corrected chi connectivity index (χ3v) is 3.91. The molecule has 0 bridgehead atoms. The van der Waals surface area contributed by atoms with Gasteiger partial charge in [0.05, 0.1) is 0 Å². The quantitative estimate of drug-likeness (QED) is 0.765. The van der Waals surface area contributed by atoms with Gasteiger partial charge in [-0.2, -0.15) is 0 Å². The summed E-state index contributed by atoms with van der Waals surface area (Å²) in [6, 6.07) is 0. The van der Waals surface area contributed by atoms with Crippen molar-refractivity contribution in [1.82, 2.24) is 4.90 Å². The number of rotatable bonds is 3. The Morgan fingerprint density at radius 1 is 1.47 bits per heavy atom. The smallest absolute Gasteiger partial charge is 0.0471 e. The van der Waals surface area contributed by atoms with Gasteiger partial charge in [-0.1, -0.05) is 31.2 Å². The van der Waals surface area contributed by atoms with Gasteiger partial charge in [0.25, 0.3) is 0 Å². The van der Waals surface area contributed by atoms with Gasteiger partial charge < -0.3 is 5.11 Å². The fraction of sp³-hybridized carbons (Fsp3) is 0.692. The van der Waals surface area contributed by atoms with Crippen LogP contribution in [0.25, 0.3) is 0 Å². The first-order valence-corrected chi connectivity index (χ1v) is 6.01. The summed E-state index contributed by atoms with van der Waals surface area (Å²) in [6.45, 7) is 4.80. The molecule has 1 saturated heterocycles. The Hall–Kier alpha value is -0.600. The van der Waals surface area contributed by atoms with E-state index in [0.29, 0.717) is 12.5 Å². The van der Waals surface area contributed by atoms with Crippen LogP contribution in [0.1, 0.15) is 26.2 Å². The van der Waals surface area contributed by atoms with E-state index in [0.717, 1.165) is 32.4 Å². The van der Waals surface area contributed by atoms with Crippen molar-refractivity contribution in [3.05, 3.63) is 24.3 Å². The van der Waals surface area contributed by atoms with Gasteiger partial charge in [-0.05, 0) is 31.7 Å². The summed E-state index contributed by atoms with van der Waals surface area (Å²) < 4.78 is 0. The van der Waals surface area contributed by atoms with Gasteiger partial charge in [-0.3, -0.25) is 4.90 Å². The van der Waals surface area contributed by atoms with E-state index in [2.05, 4.69) is 36.1 Å². The Morgan fingerprint density at radius 3 is 2.87 bits per heavy atom. The fourth-order valence-electron chi connectivity index (χ4n) is 2.76. The van der Waals surface area contributed by atoms with E-state index in [1.165, 1.54) is 0 Å². The number of hydrogen-bond acceptors (Lipinski definition) is 2. The zero-order chi connectivity index (χ0) is 10.7. The number of nitrogens with zero attached hydrogens (tertiary/aromatic N) is 1.